The van der Waals surface area contributed by atoms with Crippen LogP contribution in [0.2, 0.25) is 0 Å². The zero-order chi connectivity index (χ0) is 28.1. The van der Waals surface area contributed by atoms with Gasteiger partial charge >= 0.3 is 5.97 Å². The Morgan fingerprint density at radius 3 is 2.36 bits per heavy atom. The summed E-state index contributed by atoms with van der Waals surface area (Å²) in [7, 11) is 3.93. The van der Waals surface area contributed by atoms with Crippen molar-refractivity contribution in [2.45, 2.75) is 13.8 Å². The Morgan fingerprint density at radius 1 is 0.974 bits per heavy atom. The summed E-state index contributed by atoms with van der Waals surface area (Å²) < 4.78 is 5.85. The summed E-state index contributed by atoms with van der Waals surface area (Å²) in [5, 5.41) is 6.33. The molecule has 0 saturated carbocycles. The molecule has 0 bridgehead atoms. The van der Waals surface area contributed by atoms with Gasteiger partial charge in [0.1, 0.15) is 0 Å². The molecule has 8 nitrogen and oxygen atoms in total. The summed E-state index contributed by atoms with van der Waals surface area (Å²) in [6, 6.07) is 20.3. The fraction of sp³-hybridized carbons (Fsp3) is 0.233. The molecule has 2 N–H and O–H groups in total. The van der Waals surface area contributed by atoms with E-state index in [0.29, 0.717) is 34.6 Å². The van der Waals surface area contributed by atoms with E-state index in [1.54, 1.807) is 36.9 Å². The Labute approximate surface area is 236 Å². The minimum Gasteiger partial charge on any atom is -0.462 e. The Hall–Kier alpha value is -3.95. The molecule has 3 aromatic carbocycles. The minimum absolute atomic E-state index is 0.0493. The number of hydrogen-bond donors (Lipinski definition) is 2. The first-order chi connectivity index (χ1) is 18.7. The van der Waals surface area contributed by atoms with E-state index in [1.807, 2.05) is 67.5 Å². The summed E-state index contributed by atoms with van der Waals surface area (Å²) >= 11 is 3.64. The van der Waals surface area contributed by atoms with Crippen LogP contribution in [0.3, 0.4) is 0 Å². The van der Waals surface area contributed by atoms with E-state index in [4.69, 9.17) is 4.74 Å². The van der Waals surface area contributed by atoms with Crippen molar-refractivity contribution < 1.29 is 19.1 Å². The number of anilines is 3. The van der Waals surface area contributed by atoms with Crippen LogP contribution in [0.4, 0.5) is 17.1 Å². The van der Waals surface area contributed by atoms with Crippen molar-refractivity contribution in [3.63, 3.8) is 0 Å². The Morgan fingerprint density at radius 2 is 1.72 bits per heavy atom. The molecule has 2 amide bonds. The second kappa shape index (κ2) is 12.3. The van der Waals surface area contributed by atoms with Crippen molar-refractivity contribution >= 4 is 62.0 Å². The van der Waals surface area contributed by atoms with E-state index < -0.39 is 5.97 Å². The number of hydrogen-bond acceptors (Lipinski definition) is 6. The number of nitrogens with one attached hydrogen (secondary N) is 2. The van der Waals surface area contributed by atoms with Crippen LogP contribution in [0.15, 0.2) is 71.2 Å². The van der Waals surface area contributed by atoms with Gasteiger partial charge in [0.15, 0.2) is 0 Å². The summed E-state index contributed by atoms with van der Waals surface area (Å²) in [6.07, 6.45) is 0. The van der Waals surface area contributed by atoms with Crippen LogP contribution in [0.1, 0.15) is 35.3 Å². The van der Waals surface area contributed by atoms with E-state index in [1.165, 1.54) is 0 Å². The zero-order valence-electron chi connectivity index (χ0n) is 22.4. The predicted octanol–water partition coefficient (Wildman–Crippen LogP) is 5.47. The van der Waals surface area contributed by atoms with E-state index in [2.05, 4.69) is 26.6 Å². The fourth-order valence-electron chi connectivity index (χ4n) is 4.34. The smallest absolute Gasteiger partial charge is 0.338 e. The van der Waals surface area contributed by atoms with Gasteiger partial charge in [-0.2, -0.15) is 0 Å². The van der Waals surface area contributed by atoms with Crippen LogP contribution < -0.4 is 15.5 Å². The number of fused-ring (bicyclic) bond motifs is 1. The first-order valence-electron chi connectivity index (χ1n) is 12.6. The van der Waals surface area contributed by atoms with Crippen molar-refractivity contribution in [1.82, 2.24) is 4.90 Å². The fourth-order valence-corrected chi connectivity index (χ4v) is 4.93. The normalized spacial score (nSPS) is 13.5. The van der Waals surface area contributed by atoms with Crippen LogP contribution in [0.5, 0.6) is 0 Å². The largest absolute Gasteiger partial charge is 0.462 e. The van der Waals surface area contributed by atoms with Crippen LogP contribution in [-0.4, -0.2) is 56.5 Å². The van der Waals surface area contributed by atoms with E-state index >= 15 is 0 Å². The zero-order valence-corrected chi connectivity index (χ0v) is 24.0. The number of likely N-dealkylation sites (N-methyl/N-ethyl adjacent to an activating group) is 1. The van der Waals surface area contributed by atoms with Gasteiger partial charge in [0.2, 0.25) is 5.91 Å². The lowest BCUT2D eigenvalue weighted by atomic mass is 9.99. The first-order valence-corrected chi connectivity index (χ1v) is 13.4. The molecule has 39 heavy (non-hydrogen) atoms. The Balaban J connectivity index is 1.74. The number of rotatable bonds is 9. The quantitative estimate of drug-likeness (QED) is 0.253. The number of esters is 1. The van der Waals surface area contributed by atoms with Crippen molar-refractivity contribution in [3.05, 3.63) is 87.9 Å². The van der Waals surface area contributed by atoms with Gasteiger partial charge in [-0.1, -0.05) is 36.4 Å². The van der Waals surface area contributed by atoms with Gasteiger partial charge in [0.25, 0.3) is 5.91 Å². The van der Waals surface area contributed by atoms with Gasteiger partial charge in [-0.15, -0.1) is 0 Å². The van der Waals surface area contributed by atoms with E-state index in [9.17, 15) is 14.4 Å². The number of nitrogens with zero attached hydrogens (tertiary/aromatic N) is 2. The topological polar surface area (TPSA) is 91.0 Å². The average molecular weight is 592 g/mol. The maximum Gasteiger partial charge on any atom is 0.338 e. The number of halogens is 1. The van der Waals surface area contributed by atoms with Crippen LogP contribution in [0, 0.1) is 0 Å². The number of ether oxygens (including phenoxy) is 1. The molecule has 3 aromatic rings. The summed E-state index contributed by atoms with van der Waals surface area (Å²) in [5.41, 5.74) is 5.00. The predicted molar refractivity (Wildman–Crippen MR) is 159 cm³/mol. The molecule has 0 saturated heterocycles. The molecule has 0 spiro atoms. The van der Waals surface area contributed by atoms with Gasteiger partial charge in [-0.3, -0.25) is 9.59 Å². The molecule has 9 heteroatoms. The molecule has 0 unspecified atom stereocenters. The minimum atomic E-state index is -0.441. The summed E-state index contributed by atoms with van der Waals surface area (Å²) in [6.45, 7) is 4.85. The van der Waals surface area contributed by atoms with Crippen molar-refractivity contribution in [2.75, 3.05) is 49.3 Å². The van der Waals surface area contributed by atoms with Gasteiger partial charge in [-0.05, 0) is 72.8 Å². The molecule has 0 atom stereocenters. The van der Waals surface area contributed by atoms with Gasteiger partial charge in [-0.25, -0.2) is 4.79 Å². The highest BCUT2D eigenvalue weighted by atomic mass is 79.9. The second-order valence-corrected chi connectivity index (χ2v) is 10.2. The van der Waals surface area contributed by atoms with Crippen LogP contribution >= 0.6 is 15.9 Å². The molecular weight excluding hydrogens is 560 g/mol. The number of benzene rings is 3. The van der Waals surface area contributed by atoms with E-state index in [-0.39, 0.29) is 18.4 Å². The highest BCUT2D eigenvalue weighted by Gasteiger charge is 2.29. The molecule has 0 aliphatic carbocycles. The van der Waals surface area contributed by atoms with Gasteiger partial charge < -0.3 is 25.2 Å². The Kier molecular flexibility index (Phi) is 8.83. The maximum absolute atomic E-state index is 13.3. The third-order valence-corrected chi connectivity index (χ3v) is 6.88. The molecule has 1 aliphatic heterocycles. The molecule has 202 valence electrons. The monoisotopic (exact) mass is 590 g/mol. The van der Waals surface area contributed by atoms with Gasteiger partial charge in [0.05, 0.1) is 34.8 Å². The summed E-state index contributed by atoms with van der Waals surface area (Å²) in [5.74, 6) is -0.769. The molecule has 4 rings (SSSR count). The molecule has 1 heterocycles. The lowest BCUT2D eigenvalue weighted by Gasteiger charge is -2.25. The number of amides is 2. The van der Waals surface area contributed by atoms with Crippen molar-refractivity contribution in [3.8, 4) is 0 Å². The van der Waals surface area contributed by atoms with Crippen LogP contribution in [-0.2, 0) is 14.3 Å². The lowest BCUT2D eigenvalue weighted by Crippen LogP contribution is -2.35. The van der Waals surface area contributed by atoms with Crippen LogP contribution in [0.25, 0.3) is 11.3 Å². The number of carbonyl (C=O) groups is 3. The molecule has 0 radical (unpaired) electrons. The standard InChI is InChI=1S/C30H31BrN4O4/c1-5-39-30(38)21-11-13-23-25(17-21)33-29(37)27(23)28(20-9-7-6-8-10-20)32-22-12-14-26(24(31)18-22)35(19(2)36)16-15-34(3)4/h6-14,17-18,32H,5,15-16H2,1-4H3,(H,33,37). The molecule has 0 fully saturated rings. The maximum atomic E-state index is 13.3. The molecule has 1 aliphatic rings. The molecule has 0 aromatic heterocycles. The Bertz CT molecular complexity index is 1440. The third-order valence-electron chi connectivity index (χ3n) is 6.25. The van der Waals surface area contributed by atoms with Gasteiger partial charge in [0, 0.05) is 35.7 Å². The average Bonchev–Trinajstić information content (AvgIpc) is 3.23. The third kappa shape index (κ3) is 6.38. The molecular formula is C30H31BrN4O4. The SMILES string of the molecule is CCOC(=O)c1ccc2c(c1)NC(=O)C2=C(Nc1ccc(N(CCN(C)C)C(C)=O)c(Br)c1)c1ccccc1. The highest BCUT2D eigenvalue weighted by molar-refractivity contribution is 9.10. The summed E-state index contributed by atoms with van der Waals surface area (Å²) in [4.78, 5) is 41.6. The number of carbonyl (C=O) groups excluding carboxylic acids is 3. The van der Waals surface area contributed by atoms with Crippen molar-refractivity contribution in [1.29, 1.82) is 0 Å². The highest BCUT2D eigenvalue weighted by Crippen LogP contribution is 2.39. The lowest BCUT2D eigenvalue weighted by molar-refractivity contribution is -0.116. The van der Waals surface area contributed by atoms with Crippen molar-refractivity contribution in [2.24, 2.45) is 0 Å². The first kappa shape index (κ1) is 28.1. The van der Waals surface area contributed by atoms with E-state index in [0.717, 1.165) is 28.0 Å². The second-order valence-electron chi connectivity index (χ2n) is 9.32.